The summed E-state index contributed by atoms with van der Waals surface area (Å²) in [5.41, 5.74) is 1.25. The molecule has 0 amide bonds. The lowest BCUT2D eigenvalue weighted by Gasteiger charge is -2.38. The Bertz CT molecular complexity index is 672. The summed E-state index contributed by atoms with van der Waals surface area (Å²) in [6, 6.07) is 0. The molecule has 5 rings (SSSR count). The molecule has 4 saturated heterocycles. The van der Waals surface area contributed by atoms with Gasteiger partial charge in [0.2, 0.25) is 5.95 Å². The summed E-state index contributed by atoms with van der Waals surface area (Å²) in [5, 5.41) is 3.45. The molecule has 0 spiro atoms. The quantitative estimate of drug-likeness (QED) is 0.730. The third-order valence-corrected chi connectivity index (χ3v) is 7.19. The fraction of sp³-hybridized carbons (Fsp3) is 0.818. The Kier molecular flexibility index (Phi) is 6.53. The lowest BCUT2D eigenvalue weighted by atomic mass is 10.2. The first-order valence-electron chi connectivity index (χ1n) is 12.1. The van der Waals surface area contributed by atoms with Gasteiger partial charge < -0.3 is 20.0 Å². The van der Waals surface area contributed by atoms with Crippen LogP contribution < -0.4 is 20.0 Å². The van der Waals surface area contributed by atoms with Crippen LogP contribution in [-0.2, 0) is 0 Å². The monoisotopic (exact) mass is 414 g/mol. The van der Waals surface area contributed by atoms with Crippen molar-refractivity contribution < 1.29 is 0 Å². The van der Waals surface area contributed by atoms with Crippen LogP contribution in [0.3, 0.4) is 0 Å². The van der Waals surface area contributed by atoms with Crippen LogP contribution >= 0.6 is 0 Å². The van der Waals surface area contributed by atoms with Crippen LogP contribution in [0.1, 0.15) is 25.7 Å². The van der Waals surface area contributed by atoms with Crippen molar-refractivity contribution >= 4 is 17.5 Å². The van der Waals surface area contributed by atoms with E-state index in [1.165, 1.54) is 63.4 Å². The van der Waals surface area contributed by atoms with Crippen LogP contribution in [0.4, 0.5) is 17.5 Å². The number of piperazine rings is 2. The predicted molar refractivity (Wildman–Crippen MR) is 123 cm³/mol. The largest absolute Gasteiger partial charge is 0.367 e. The predicted octanol–water partition coefficient (Wildman–Crippen LogP) is 0.704. The first-order valence-corrected chi connectivity index (χ1v) is 12.1. The Morgan fingerprint density at radius 1 is 0.667 bits per heavy atom. The number of hydrogen-bond acceptors (Lipinski definition) is 8. The molecule has 1 N–H and O–H groups in total. The Morgan fingerprint density at radius 2 is 1.27 bits per heavy atom. The fourth-order valence-corrected chi connectivity index (χ4v) is 5.24. The van der Waals surface area contributed by atoms with Crippen molar-refractivity contribution in [2.24, 2.45) is 0 Å². The van der Waals surface area contributed by atoms with E-state index in [2.05, 4.69) is 36.0 Å². The third-order valence-electron chi connectivity index (χ3n) is 7.19. The van der Waals surface area contributed by atoms with E-state index in [-0.39, 0.29) is 0 Å². The molecule has 30 heavy (non-hydrogen) atoms. The highest BCUT2D eigenvalue weighted by Crippen LogP contribution is 2.32. The zero-order valence-corrected chi connectivity index (χ0v) is 18.4. The molecule has 0 aliphatic carbocycles. The second-order valence-electron chi connectivity index (χ2n) is 9.19. The van der Waals surface area contributed by atoms with E-state index in [4.69, 9.17) is 9.97 Å². The van der Waals surface area contributed by atoms with Crippen molar-refractivity contribution in [2.75, 3.05) is 106 Å². The maximum absolute atomic E-state index is 5.13. The van der Waals surface area contributed by atoms with Gasteiger partial charge in [-0.2, -0.15) is 4.98 Å². The van der Waals surface area contributed by atoms with E-state index in [1.54, 1.807) is 0 Å². The van der Waals surface area contributed by atoms with E-state index in [1.807, 2.05) is 0 Å². The second kappa shape index (κ2) is 9.66. The summed E-state index contributed by atoms with van der Waals surface area (Å²) in [5.74, 6) is 2.11. The molecule has 4 fully saturated rings. The Hall–Kier alpha value is -1.64. The highest BCUT2D eigenvalue weighted by atomic mass is 15.4. The molecular weight excluding hydrogens is 376 g/mol. The van der Waals surface area contributed by atoms with Crippen LogP contribution in [0, 0.1) is 0 Å². The van der Waals surface area contributed by atoms with Crippen molar-refractivity contribution in [3.63, 3.8) is 0 Å². The average molecular weight is 415 g/mol. The van der Waals surface area contributed by atoms with Crippen LogP contribution in [0.15, 0.2) is 6.20 Å². The van der Waals surface area contributed by atoms with Gasteiger partial charge in [-0.15, -0.1) is 0 Å². The van der Waals surface area contributed by atoms with Gasteiger partial charge in [0.25, 0.3) is 0 Å². The van der Waals surface area contributed by atoms with Crippen LogP contribution in [0.25, 0.3) is 0 Å². The van der Waals surface area contributed by atoms with E-state index in [9.17, 15) is 0 Å². The molecule has 0 atom stereocenters. The Labute approximate surface area is 181 Å². The molecule has 4 aliphatic heterocycles. The van der Waals surface area contributed by atoms with Gasteiger partial charge >= 0.3 is 0 Å². The number of hydrogen-bond donors (Lipinski definition) is 1. The molecule has 0 saturated carbocycles. The number of nitrogens with one attached hydrogen (secondary N) is 1. The lowest BCUT2D eigenvalue weighted by Crippen LogP contribution is -2.51. The molecule has 166 valence electrons. The van der Waals surface area contributed by atoms with Crippen LogP contribution in [0.5, 0.6) is 0 Å². The normalized spacial score (nSPS) is 24.2. The number of aromatic nitrogens is 2. The molecule has 1 aromatic heterocycles. The van der Waals surface area contributed by atoms with Gasteiger partial charge in [-0.05, 0) is 25.7 Å². The average Bonchev–Trinajstić information content (AvgIpc) is 3.53. The molecule has 5 heterocycles. The minimum atomic E-state index is 0.937. The zero-order valence-electron chi connectivity index (χ0n) is 18.4. The maximum Gasteiger partial charge on any atom is 0.227 e. The molecule has 0 aromatic carbocycles. The highest BCUT2D eigenvalue weighted by molar-refractivity contribution is 5.68. The standard InChI is InChI=1S/C22H38N8/c1-2-8-28(7-1)20-19-24-22(30-9-3-4-10-30)25-21(20)29-17-15-27(16-18-29)14-13-26-11-5-23-6-12-26/h19,23H,1-18H2. The SMILES string of the molecule is c1nc(N2CCCC2)nc(N2CCN(CCN3CCNCC3)CC2)c1N1CCCC1. The third kappa shape index (κ3) is 4.65. The molecule has 4 aliphatic rings. The van der Waals surface area contributed by atoms with Gasteiger partial charge in [0.05, 0.1) is 11.9 Å². The van der Waals surface area contributed by atoms with Gasteiger partial charge in [0.15, 0.2) is 5.82 Å². The first kappa shape index (κ1) is 20.3. The summed E-state index contributed by atoms with van der Waals surface area (Å²) in [6.07, 6.45) is 7.20. The number of anilines is 3. The Balaban J connectivity index is 1.24. The topological polar surface area (TPSA) is 54.0 Å². The number of rotatable bonds is 6. The molecule has 8 heteroatoms. The minimum absolute atomic E-state index is 0.937. The summed E-state index contributed by atoms with van der Waals surface area (Å²) >= 11 is 0. The zero-order chi connectivity index (χ0) is 20.2. The van der Waals surface area contributed by atoms with E-state index >= 15 is 0 Å². The first-order chi connectivity index (χ1) is 14.9. The van der Waals surface area contributed by atoms with Gasteiger partial charge in [0, 0.05) is 91.6 Å². The van der Waals surface area contributed by atoms with Crippen molar-refractivity contribution in [1.29, 1.82) is 0 Å². The lowest BCUT2D eigenvalue weighted by molar-refractivity contribution is 0.183. The summed E-state index contributed by atoms with van der Waals surface area (Å²) < 4.78 is 0. The number of nitrogens with zero attached hydrogens (tertiary/aromatic N) is 7. The van der Waals surface area contributed by atoms with Gasteiger partial charge in [-0.3, -0.25) is 9.80 Å². The summed E-state index contributed by atoms with van der Waals surface area (Å²) in [7, 11) is 0. The van der Waals surface area contributed by atoms with E-state index < -0.39 is 0 Å². The van der Waals surface area contributed by atoms with Crippen LogP contribution in [0.2, 0.25) is 0 Å². The fourth-order valence-electron chi connectivity index (χ4n) is 5.24. The van der Waals surface area contributed by atoms with Gasteiger partial charge in [0.1, 0.15) is 0 Å². The Morgan fingerprint density at radius 3 is 1.93 bits per heavy atom. The van der Waals surface area contributed by atoms with Crippen LogP contribution in [-0.4, -0.2) is 111 Å². The molecular formula is C22H38N8. The van der Waals surface area contributed by atoms with Crippen molar-refractivity contribution in [2.45, 2.75) is 25.7 Å². The second-order valence-corrected chi connectivity index (χ2v) is 9.19. The van der Waals surface area contributed by atoms with E-state index in [0.717, 1.165) is 71.4 Å². The van der Waals surface area contributed by atoms with Gasteiger partial charge in [-0.1, -0.05) is 0 Å². The van der Waals surface area contributed by atoms with Crippen molar-refractivity contribution in [3.05, 3.63) is 6.20 Å². The summed E-state index contributed by atoms with van der Waals surface area (Å²) in [6.45, 7) is 15.9. The maximum atomic E-state index is 5.13. The highest BCUT2D eigenvalue weighted by Gasteiger charge is 2.26. The minimum Gasteiger partial charge on any atom is -0.367 e. The molecule has 0 unspecified atom stereocenters. The van der Waals surface area contributed by atoms with Crippen molar-refractivity contribution in [3.8, 4) is 0 Å². The van der Waals surface area contributed by atoms with Crippen molar-refractivity contribution in [1.82, 2.24) is 25.1 Å². The van der Waals surface area contributed by atoms with E-state index in [0.29, 0.717) is 0 Å². The smallest absolute Gasteiger partial charge is 0.227 e. The van der Waals surface area contributed by atoms with Gasteiger partial charge in [-0.25, -0.2) is 4.98 Å². The molecule has 0 bridgehead atoms. The molecule has 1 aromatic rings. The molecule has 0 radical (unpaired) electrons. The molecule has 8 nitrogen and oxygen atoms in total. The summed E-state index contributed by atoms with van der Waals surface area (Å²) in [4.78, 5) is 22.5.